The minimum atomic E-state index is -0.758. The molecule has 0 aromatic heterocycles. The van der Waals surface area contributed by atoms with Crippen molar-refractivity contribution in [1.29, 1.82) is 0 Å². The molecule has 0 amide bonds. The van der Waals surface area contributed by atoms with E-state index in [2.05, 4.69) is 20.8 Å². The number of carbonyl (C=O) groups excluding carboxylic acids is 3. The number of hydrogen-bond donors (Lipinski definition) is 0. The molecule has 0 saturated heterocycles. The molecule has 0 aliphatic carbocycles. The van der Waals surface area contributed by atoms with Crippen LogP contribution in [0.5, 0.6) is 0 Å². The van der Waals surface area contributed by atoms with Gasteiger partial charge in [-0.25, -0.2) is 0 Å². The van der Waals surface area contributed by atoms with Crippen LogP contribution in [0.3, 0.4) is 0 Å². The first-order chi connectivity index (χ1) is 27.0. The van der Waals surface area contributed by atoms with E-state index in [1.807, 2.05) is 0 Å². The lowest BCUT2D eigenvalue weighted by molar-refractivity contribution is -0.167. The summed E-state index contributed by atoms with van der Waals surface area (Å²) in [6.45, 7) is 6.65. The van der Waals surface area contributed by atoms with Crippen molar-refractivity contribution in [1.82, 2.24) is 0 Å². The zero-order valence-corrected chi connectivity index (χ0v) is 37.2. The molecule has 6 nitrogen and oxygen atoms in total. The molecule has 0 radical (unpaired) electrons. The Morgan fingerprint density at radius 2 is 0.491 bits per heavy atom. The van der Waals surface area contributed by atoms with Gasteiger partial charge in [0.1, 0.15) is 13.2 Å². The first-order valence-electron chi connectivity index (χ1n) is 24.5. The molecule has 0 N–H and O–H groups in total. The van der Waals surface area contributed by atoms with Crippen molar-refractivity contribution in [2.45, 2.75) is 284 Å². The normalized spacial score (nSPS) is 11.8. The van der Waals surface area contributed by atoms with Crippen molar-refractivity contribution >= 4 is 17.9 Å². The number of ether oxygens (including phenoxy) is 3. The summed E-state index contributed by atoms with van der Waals surface area (Å²) in [6, 6.07) is 0. The molecule has 0 rings (SSSR count). The van der Waals surface area contributed by atoms with Gasteiger partial charge in [0.15, 0.2) is 6.10 Å². The van der Waals surface area contributed by atoms with E-state index in [1.54, 1.807) is 0 Å². The molecule has 0 fully saturated rings. The number of unbranched alkanes of at least 4 members (excludes halogenated alkanes) is 34. The second-order valence-corrected chi connectivity index (χ2v) is 16.7. The molecule has 55 heavy (non-hydrogen) atoms. The average molecular weight is 779 g/mol. The Labute approximate surface area is 342 Å². The standard InChI is InChI=1S/C49H94O6/c1-4-7-10-13-16-19-22-23-24-25-26-28-30-33-36-39-42-48(51)54-45-46(44-53-47(50)41-38-35-32-29-21-18-15-12-9-6-3)55-49(52)43-40-37-34-31-27-20-17-14-11-8-5-2/h46H,4-45H2,1-3H3/t46-/m0/s1. The average Bonchev–Trinajstić information content (AvgIpc) is 3.18. The van der Waals surface area contributed by atoms with E-state index in [1.165, 1.54) is 180 Å². The molecule has 0 bridgehead atoms. The third kappa shape index (κ3) is 43.4. The SMILES string of the molecule is CCCCCCCCCCCCCCCCCCC(=O)OC[C@H](COC(=O)CCCCCCCCCCCC)OC(=O)CCCCCCCCCCCCC. The van der Waals surface area contributed by atoms with E-state index in [9.17, 15) is 14.4 Å². The number of hydrogen-bond acceptors (Lipinski definition) is 6. The largest absolute Gasteiger partial charge is 0.462 e. The van der Waals surface area contributed by atoms with E-state index in [-0.39, 0.29) is 31.1 Å². The van der Waals surface area contributed by atoms with Crippen LogP contribution in [-0.4, -0.2) is 37.2 Å². The van der Waals surface area contributed by atoms with Gasteiger partial charge in [-0.05, 0) is 19.3 Å². The second kappa shape index (κ2) is 45.1. The molecule has 6 heteroatoms. The van der Waals surface area contributed by atoms with Gasteiger partial charge in [-0.3, -0.25) is 14.4 Å². The van der Waals surface area contributed by atoms with Gasteiger partial charge in [-0.2, -0.15) is 0 Å². The minimum Gasteiger partial charge on any atom is -0.462 e. The highest BCUT2D eigenvalue weighted by Crippen LogP contribution is 2.16. The van der Waals surface area contributed by atoms with Crippen LogP contribution in [0.25, 0.3) is 0 Å². The predicted octanol–water partition coefficient (Wildman–Crippen LogP) is 15.6. The highest BCUT2D eigenvalue weighted by atomic mass is 16.6. The van der Waals surface area contributed by atoms with Crippen LogP contribution in [0.1, 0.15) is 278 Å². The van der Waals surface area contributed by atoms with Gasteiger partial charge < -0.3 is 14.2 Å². The van der Waals surface area contributed by atoms with Crippen molar-refractivity contribution in [2.75, 3.05) is 13.2 Å². The summed E-state index contributed by atoms with van der Waals surface area (Å²) in [6.07, 6.45) is 46.5. The molecule has 0 unspecified atom stereocenters. The molecule has 1 atom stereocenters. The van der Waals surface area contributed by atoms with Gasteiger partial charge in [-0.1, -0.05) is 239 Å². The van der Waals surface area contributed by atoms with Crippen molar-refractivity contribution in [3.8, 4) is 0 Å². The molecule has 0 aromatic carbocycles. The van der Waals surface area contributed by atoms with Crippen LogP contribution in [0.15, 0.2) is 0 Å². The Balaban J connectivity index is 4.26. The minimum absolute atomic E-state index is 0.0623. The van der Waals surface area contributed by atoms with Gasteiger partial charge in [0, 0.05) is 19.3 Å². The summed E-state index contributed by atoms with van der Waals surface area (Å²) < 4.78 is 16.7. The first-order valence-corrected chi connectivity index (χ1v) is 24.5. The third-order valence-corrected chi connectivity index (χ3v) is 11.1. The number of carbonyl (C=O) groups is 3. The van der Waals surface area contributed by atoms with E-state index >= 15 is 0 Å². The van der Waals surface area contributed by atoms with Gasteiger partial charge in [0.05, 0.1) is 0 Å². The zero-order chi connectivity index (χ0) is 40.1. The fourth-order valence-corrected chi connectivity index (χ4v) is 7.38. The highest BCUT2D eigenvalue weighted by Gasteiger charge is 2.19. The van der Waals surface area contributed by atoms with Crippen LogP contribution in [0, 0.1) is 0 Å². The highest BCUT2D eigenvalue weighted by molar-refractivity contribution is 5.71. The summed E-state index contributed by atoms with van der Waals surface area (Å²) in [7, 11) is 0. The van der Waals surface area contributed by atoms with Crippen LogP contribution < -0.4 is 0 Å². The van der Waals surface area contributed by atoms with Crippen molar-refractivity contribution < 1.29 is 28.6 Å². The molecular formula is C49H94O6. The Kier molecular flexibility index (Phi) is 43.8. The van der Waals surface area contributed by atoms with Gasteiger partial charge >= 0.3 is 17.9 Å². The maximum atomic E-state index is 12.7. The van der Waals surface area contributed by atoms with E-state index < -0.39 is 6.10 Å². The van der Waals surface area contributed by atoms with Crippen molar-refractivity contribution in [3.63, 3.8) is 0 Å². The molecule has 0 aliphatic rings. The van der Waals surface area contributed by atoms with Crippen LogP contribution in [-0.2, 0) is 28.6 Å². The summed E-state index contributed by atoms with van der Waals surface area (Å²) >= 11 is 0. The van der Waals surface area contributed by atoms with Crippen LogP contribution in [0.2, 0.25) is 0 Å². The van der Waals surface area contributed by atoms with E-state index in [0.29, 0.717) is 19.3 Å². The second-order valence-electron chi connectivity index (χ2n) is 16.7. The molecule has 0 aromatic rings. The molecular weight excluding hydrogens is 685 g/mol. The maximum Gasteiger partial charge on any atom is 0.306 e. The van der Waals surface area contributed by atoms with Gasteiger partial charge in [-0.15, -0.1) is 0 Å². The summed E-state index contributed by atoms with van der Waals surface area (Å²) in [4.78, 5) is 37.8. The lowest BCUT2D eigenvalue weighted by Gasteiger charge is -2.18. The van der Waals surface area contributed by atoms with Gasteiger partial charge in [0.2, 0.25) is 0 Å². The molecule has 0 aliphatic heterocycles. The molecule has 0 heterocycles. The molecule has 0 saturated carbocycles. The summed E-state index contributed by atoms with van der Waals surface area (Å²) in [5.74, 6) is -0.848. The quantitative estimate of drug-likeness (QED) is 0.0348. The molecule has 0 spiro atoms. The maximum absolute atomic E-state index is 12.7. The smallest absolute Gasteiger partial charge is 0.306 e. The van der Waals surface area contributed by atoms with E-state index in [0.717, 1.165) is 57.8 Å². The van der Waals surface area contributed by atoms with Gasteiger partial charge in [0.25, 0.3) is 0 Å². The summed E-state index contributed by atoms with van der Waals surface area (Å²) in [5.41, 5.74) is 0. The van der Waals surface area contributed by atoms with Crippen molar-refractivity contribution in [3.05, 3.63) is 0 Å². The fourth-order valence-electron chi connectivity index (χ4n) is 7.38. The predicted molar refractivity (Wildman–Crippen MR) is 233 cm³/mol. The Morgan fingerprint density at radius 3 is 0.727 bits per heavy atom. The third-order valence-electron chi connectivity index (χ3n) is 11.1. The number of esters is 3. The number of rotatable bonds is 45. The lowest BCUT2D eigenvalue weighted by atomic mass is 10.0. The Morgan fingerprint density at radius 1 is 0.291 bits per heavy atom. The summed E-state index contributed by atoms with van der Waals surface area (Å²) in [5, 5.41) is 0. The Hall–Kier alpha value is -1.59. The Bertz CT molecular complexity index is 813. The monoisotopic (exact) mass is 779 g/mol. The lowest BCUT2D eigenvalue weighted by Crippen LogP contribution is -2.30. The van der Waals surface area contributed by atoms with Crippen LogP contribution in [0.4, 0.5) is 0 Å². The van der Waals surface area contributed by atoms with Crippen molar-refractivity contribution in [2.24, 2.45) is 0 Å². The zero-order valence-electron chi connectivity index (χ0n) is 37.2. The molecule has 326 valence electrons. The van der Waals surface area contributed by atoms with E-state index in [4.69, 9.17) is 14.2 Å². The topological polar surface area (TPSA) is 78.9 Å². The van der Waals surface area contributed by atoms with Crippen LogP contribution >= 0.6 is 0 Å². The fraction of sp³-hybridized carbons (Fsp3) is 0.939. The first kappa shape index (κ1) is 53.4.